The maximum absolute atomic E-state index is 13.0. The number of anilines is 2. The number of phenolic OH excluding ortho intramolecular Hbond substituents is 4. The third kappa shape index (κ3) is 12.3. The molecule has 0 atom stereocenters. The van der Waals surface area contributed by atoms with E-state index in [1.807, 2.05) is 48.5 Å². The van der Waals surface area contributed by atoms with Crippen LogP contribution in [0.25, 0.3) is 21.5 Å². The fraction of sp³-hybridized carbons (Fsp3) is 0.148. The number of azo groups is 2. The number of rotatable bonds is 8. The molecular weight excluding hydrogens is 955 g/mol. The number of aromatic hydroxyl groups is 4. The van der Waals surface area contributed by atoms with Crippen molar-refractivity contribution in [3.63, 3.8) is 0 Å². The summed E-state index contributed by atoms with van der Waals surface area (Å²) in [4.78, 5) is 26.0. The molecule has 352 valence electrons. The Labute approximate surface area is 419 Å². The average molecular weight is 1000 g/mol. The minimum Gasteiger partial charge on any atom is -0.506 e. The second kappa shape index (κ2) is 21.3. The summed E-state index contributed by atoms with van der Waals surface area (Å²) >= 11 is 12.0. The van der Waals surface area contributed by atoms with Crippen molar-refractivity contribution in [3.8, 4) is 23.0 Å². The third-order valence-corrected chi connectivity index (χ3v) is 11.3. The van der Waals surface area contributed by atoms with Crippen LogP contribution in [0.4, 0.5) is 34.1 Å². The zero-order valence-corrected chi connectivity index (χ0v) is 41.0. The zero-order valence-electron chi connectivity index (χ0n) is 38.4. The van der Waals surface area contributed by atoms with Crippen LogP contribution in [-0.2, 0) is 27.9 Å². The number of amides is 2. The van der Waals surface area contributed by atoms with Gasteiger partial charge < -0.3 is 31.1 Å². The fourth-order valence-corrected chi connectivity index (χ4v) is 7.44. The molecular formula is C54H48Cl2FeN6O6. The van der Waals surface area contributed by atoms with Gasteiger partial charge in [-0.25, -0.2) is 0 Å². The SMILES string of the molecule is CC(C)(C)c1ccc(O)c(N=Nc2c(O)c(C(=O)Nc3cccc(Cl)c3)cc3ccccc23)c1.CC(C)(C)c1ccc(O)c(N=Nc2c(O)c(C(=O)Nc3cccc(Cl)c3)cc3ccccc23)c1.[Fe]. The summed E-state index contributed by atoms with van der Waals surface area (Å²) in [6.45, 7) is 12.3. The molecule has 0 saturated carbocycles. The number of hydrogen-bond donors (Lipinski definition) is 6. The summed E-state index contributed by atoms with van der Waals surface area (Å²) in [6.07, 6.45) is 0. The molecule has 0 heterocycles. The second-order valence-corrected chi connectivity index (χ2v) is 18.8. The van der Waals surface area contributed by atoms with Crippen molar-refractivity contribution in [3.05, 3.63) is 178 Å². The molecule has 0 bridgehead atoms. The normalized spacial score (nSPS) is 11.6. The molecule has 0 unspecified atom stereocenters. The fourth-order valence-electron chi connectivity index (χ4n) is 7.06. The molecule has 0 radical (unpaired) electrons. The van der Waals surface area contributed by atoms with E-state index in [0.717, 1.165) is 11.1 Å². The quantitative estimate of drug-likeness (QED) is 0.0649. The van der Waals surface area contributed by atoms with Gasteiger partial charge in [0.25, 0.3) is 11.8 Å². The van der Waals surface area contributed by atoms with E-state index in [4.69, 9.17) is 23.2 Å². The summed E-state index contributed by atoms with van der Waals surface area (Å²) in [7, 11) is 0. The van der Waals surface area contributed by atoms with Crippen molar-refractivity contribution < 1.29 is 47.1 Å². The molecule has 2 amide bonds. The number of carbonyl (C=O) groups is 2. The monoisotopic (exact) mass is 1000 g/mol. The van der Waals surface area contributed by atoms with Crippen molar-refractivity contribution in [1.82, 2.24) is 0 Å². The number of hydrogen-bond acceptors (Lipinski definition) is 10. The molecule has 8 rings (SSSR count). The summed E-state index contributed by atoms with van der Waals surface area (Å²) in [5.41, 5.74) is 3.54. The Balaban J connectivity index is 0.000000224. The first-order valence-electron chi connectivity index (χ1n) is 21.4. The molecule has 0 fully saturated rings. The molecule has 0 saturated heterocycles. The first-order chi connectivity index (χ1) is 32.3. The number of fused-ring (bicyclic) bond motifs is 2. The van der Waals surface area contributed by atoms with Gasteiger partial charge in [-0.2, -0.15) is 0 Å². The smallest absolute Gasteiger partial charge is 0.259 e. The van der Waals surface area contributed by atoms with Gasteiger partial charge in [0.2, 0.25) is 0 Å². The maximum atomic E-state index is 13.0. The van der Waals surface area contributed by atoms with Crippen LogP contribution in [0.5, 0.6) is 23.0 Å². The molecule has 69 heavy (non-hydrogen) atoms. The van der Waals surface area contributed by atoms with Gasteiger partial charge in [0.15, 0.2) is 11.5 Å². The molecule has 0 aliphatic heterocycles. The largest absolute Gasteiger partial charge is 0.506 e. The number of carbonyl (C=O) groups excluding carboxylic acids is 2. The molecule has 8 aromatic rings. The number of benzene rings is 8. The average Bonchev–Trinajstić information content (AvgIpc) is 3.28. The van der Waals surface area contributed by atoms with E-state index < -0.39 is 11.8 Å². The van der Waals surface area contributed by atoms with Crippen molar-refractivity contribution >= 4 is 90.7 Å². The van der Waals surface area contributed by atoms with Crippen LogP contribution < -0.4 is 10.6 Å². The van der Waals surface area contributed by atoms with Gasteiger partial charge in [0.05, 0.1) is 11.1 Å². The van der Waals surface area contributed by atoms with Gasteiger partial charge in [-0.3, -0.25) is 9.59 Å². The molecule has 15 heteroatoms. The minimum atomic E-state index is -0.514. The molecule has 8 aromatic carbocycles. The Kier molecular flexibility index (Phi) is 15.8. The van der Waals surface area contributed by atoms with Crippen molar-refractivity contribution in [2.45, 2.75) is 52.4 Å². The van der Waals surface area contributed by atoms with Gasteiger partial charge in [-0.05, 0) is 106 Å². The first kappa shape index (κ1) is 51.1. The summed E-state index contributed by atoms with van der Waals surface area (Å²) < 4.78 is 0. The van der Waals surface area contributed by atoms with E-state index in [0.29, 0.717) is 43.0 Å². The van der Waals surface area contributed by atoms with Crippen LogP contribution in [0.2, 0.25) is 10.0 Å². The van der Waals surface area contributed by atoms with Gasteiger partial charge in [-0.15, -0.1) is 20.5 Å². The van der Waals surface area contributed by atoms with Crippen molar-refractivity contribution in [2.75, 3.05) is 10.6 Å². The topological polar surface area (TPSA) is 189 Å². The zero-order chi connectivity index (χ0) is 48.9. The summed E-state index contributed by atoms with van der Waals surface area (Å²) in [6, 6.07) is 41.5. The van der Waals surface area contributed by atoms with E-state index in [1.165, 1.54) is 0 Å². The Morgan fingerprint density at radius 3 is 1.20 bits per heavy atom. The molecule has 6 N–H and O–H groups in total. The Hall–Kier alpha value is -7.28. The van der Waals surface area contributed by atoms with Gasteiger partial charge >= 0.3 is 0 Å². The van der Waals surface area contributed by atoms with E-state index in [1.54, 1.807) is 97.1 Å². The first-order valence-corrected chi connectivity index (χ1v) is 22.2. The third-order valence-electron chi connectivity index (χ3n) is 10.8. The standard InChI is InChI=1S/2C27H24ClN3O3.Fe/c2*1-27(2,3)17-11-12-23(32)22(14-17)30-31-24-20-10-5-4-7-16(20)13-21(25(24)33)26(34)29-19-9-6-8-18(28)15-19;/h2*4-15,32-33H,1-3H3,(H,29,34);. The van der Waals surface area contributed by atoms with E-state index in [9.17, 15) is 30.0 Å². The Morgan fingerprint density at radius 1 is 0.464 bits per heavy atom. The predicted molar refractivity (Wildman–Crippen MR) is 272 cm³/mol. The molecule has 0 aliphatic carbocycles. The Bertz CT molecular complexity index is 3080. The molecule has 0 spiro atoms. The maximum Gasteiger partial charge on any atom is 0.259 e. The van der Waals surface area contributed by atoms with Crippen LogP contribution in [-0.4, -0.2) is 32.2 Å². The molecule has 0 aromatic heterocycles. The van der Waals surface area contributed by atoms with Crippen molar-refractivity contribution in [2.24, 2.45) is 20.5 Å². The number of halogens is 2. The van der Waals surface area contributed by atoms with Crippen LogP contribution in [0.3, 0.4) is 0 Å². The van der Waals surface area contributed by atoms with Crippen LogP contribution >= 0.6 is 23.2 Å². The van der Waals surface area contributed by atoms with Gasteiger partial charge in [0, 0.05) is 49.3 Å². The van der Waals surface area contributed by atoms with E-state index in [2.05, 4.69) is 72.6 Å². The van der Waals surface area contributed by atoms with Crippen LogP contribution in [0.15, 0.2) is 166 Å². The number of nitrogens with one attached hydrogen (secondary N) is 2. The molecule has 12 nitrogen and oxygen atoms in total. The van der Waals surface area contributed by atoms with Gasteiger partial charge in [-0.1, -0.05) is 138 Å². The van der Waals surface area contributed by atoms with Crippen LogP contribution in [0.1, 0.15) is 73.4 Å². The summed E-state index contributed by atoms with van der Waals surface area (Å²) in [5.74, 6) is -1.72. The summed E-state index contributed by atoms with van der Waals surface area (Å²) in [5, 5.41) is 68.7. The van der Waals surface area contributed by atoms with Gasteiger partial charge in [0.1, 0.15) is 34.2 Å². The predicted octanol–water partition coefficient (Wildman–Crippen LogP) is 15.7. The van der Waals surface area contributed by atoms with E-state index >= 15 is 0 Å². The van der Waals surface area contributed by atoms with Crippen molar-refractivity contribution in [1.29, 1.82) is 0 Å². The van der Waals surface area contributed by atoms with E-state index in [-0.39, 0.29) is 84.8 Å². The second-order valence-electron chi connectivity index (χ2n) is 17.9. The van der Waals surface area contributed by atoms with Crippen LogP contribution in [0, 0.1) is 0 Å². The number of nitrogens with zero attached hydrogens (tertiary/aromatic N) is 4. The molecule has 0 aliphatic rings. The minimum absolute atomic E-state index is 0. The Morgan fingerprint density at radius 2 is 0.841 bits per heavy atom. The number of phenols is 4.